The number of rotatable bonds is 18. The highest BCUT2D eigenvalue weighted by atomic mass is 16.1. The first-order valence-electron chi connectivity index (χ1n) is 12.5. The summed E-state index contributed by atoms with van der Waals surface area (Å²) in [5, 5.41) is 2.94. The highest BCUT2D eigenvalue weighted by Crippen LogP contribution is 2.17. The fourth-order valence-corrected chi connectivity index (χ4v) is 4.27. The van der Waals surface area contributed by atoms with Gasteiger partial charge < -0.3 is 5.32 Å². The lowest BCUT2D eigenvalue weighted by Gasteiger charge is -2.32. The number of amidine groups is 1. The lowest BCUT2D eigenvalue weighted by Crippen LogP contribution is -2.53. The molecule has 0 saturated carbocycles. The van der Waals surface area contributed by atoms with E-state index >= 15 is 0 Å². The number of allylic oxidation sites excluding steroid dienone is 1. The highest BCUT2D eigenvalue weighted by molar-refractivity contribution is 5.88. The van der Waals surface area contributed by atoms with Gasteiger partial charge in [-0.05, 0) is 19.8 Å². The molecule has 4 heteroatoms. The number of unbranched alkanes of at least 4 members (excludes halogenated alkanes) is 12. The first-order chi connectivity index (χ1) is 14.1. The Balaban J connectivity index is 2.07. The second-order valence-corrected chi connectivity index (χ2v) is 8.71. The van der Waals surface area contributed by atoms with Gasteiger partial charge in [-0.1, -0.05) is 83.6 Å². The van der Waals surface area contributed by atoms with E-state index in [-0.39, 0.29) is 5.91 Å². The summed E-state index contributed by atoms with van der Waals surface area (Å²) in [5.74, 6) is 1.26. The van der Waals surface area contributed by atoms with Gasteiger partial charge >= 0.3 is 0 Å². The summed E-state index contributed by atoms with van der Waals surface area (Å²) in [7, 11) is 0. The first-order valence-corrected chi connectivity index (χ1v) is 12.5. The molecule has 0 saturated heterocycles. The number of amides is 1. The van der Waals surface area contributed by atoms with Gasteiger partial charge in [0.1, 0.15) is 13.1 Å². The Labute approximate surface area is 180 Å². The Bertz CT molecular complexity index is 486. The number of carbonyl (C=O) groups excluding carboxylic acids is 1. The van der Waals surface area contributed by atoms with Crippen LogP contribution in [0.1, 0.15) is 104 Å². The fourth-order valence-electron chi connectivity index (χ4n) is 4.27. The number of carbonyl (C=O) groups is 1. The van der Waals surface area contributed by atoms with Crippen LogP contribution in [-0.4, -0.2) is 48.9 Å². The van der Waals surface area contributed by atoms with Crippen molar-refractivity contribution >= 4 is 11.7 Å². The molecule has 1 amide bonds. The summed E-state index contributed by atoms with van der Waals surface area (Å²) in [6, 6.07) is 0. The third-order valence-electron chi connectivity index (χ3n) is 6.30. The van der Waals surface area contributed by atoms with Crippen LogP contribution < -0.4 is 5.32 Å². The molecule has 0 aliphatic carbocycles. The number of hydrogen-bond donors (Lipinski definition) is 1. The molecule has 0 radical (unpaired) electrons. The molecule has 0 aromatic rings. The maximum atomic E-state index is 11.1. The Morgan fingerprint density at radius 3 is 2.10 bits per heavy atom. The molecule has 0 bridgehead atoms. The molecule has 0 aromatic carbocycles. The standard InChI is InChI=1S/C25H47N3O/c1-4-6-7-8-9-10-11-12-13-14-15-16-17-18-19-25-27-21-23-28(25,5-2)22-20-26-24(3)29/h18-19H,4-17,20-23H2,1-3H3/p+1/b19-18+. The van der Waals surface area contributed by atoms with E-state index < -0.39 is 0 Å². The predicted octanol–water partition coefficient (Wildman–Crippen LogP) is 6.02. The summed E-state index contributed by atoms with van der Waals surface area (Å²) < 4.78 is 0.912. The van der Waals surface area contributed by atoms with E-state index in [9.17, 15) is 4.79 Å². The smallest absolute Gasteiger partial charge is 0.222 e. The minimum atomic E-state index is 0.0551. The Hall–Kier alpha value is -1.16. The molecule has 1 rings (SSSR count). The molecular formula is C25H48N3O+. The fraction of sp³-hybridized carbons (Fsp3) is 0.840. The van der Waals surface area contributed by atoms with Crippen molar-refractivity contribution in [2.75, 3.05) is 32.7 Å². The number of nitrogens with zero attached hydrogens (tertiary/aromatic N) is 2. The molecule has 0 aromatic heterocycles. The van der Waals surface area contributed by atoms with E-state index in [1.54, 1.807) is 6.92 Å². The number of aliphatic imine (C=N–C) groups is 1. The Morgan fingerprint density at radius 1 is 0.966 bits per heavy atom. The van der Waals surface area contributed by atoms with Crippen LogP contribution in [0.2, 0.25) is 0 Å². The van der Waals surface area contributed by atoms with Gasteiger partial charge in [0.25, 0.3) is 0 Å². The van der Waals surface area contributed by atoms with Gasteiger partial charge in [-0.25, -0.2) is 4.99 Å². The van der Waals surface area contributed by atoms with Crippen molar-refractivity contribution in [2.45, 2.75) is 104 Å². The minimum Gasteiger partial charge on any atom is -0.351 e. The lowest BCUT2D eigenvalue weighted by molar-refractivity contribution is -0.830. The monoisotopic (exact) mass is 406 g/mol. The molecule has 0 spiro atoms. The van der Waals surface area contributed by atoms with Gasteiger partial charge in [0.05, 0.1) is 19.6 Å². The minimum absolute atomic E-state index is 0.0551. The average Bonchev–Trinajstić information content (AvgIpc) is 3.11. The second kappa shape index (κ2) is 16.6. The van der Waals surface area contributed by atoms with Crippen molar-refractivity contribution < 1.29 is 9.28 Å². The largest absolute Gasteiger partial charge is 0.351 e. The quantitative estimate of drug-likeness (QED) is 0.219. The molecule has 1 N–H and O–H groups in total. The zero-order chi connectivity index (χ0) is 21.2. The second-order valence-electron chi connectivity index (χ2n) is 8.71. The molecule has 1 atom stereocenters. The van der Waals surface area contributed by atoms with Crippen molar-refractivity contribution in [2.24, 2.45) is 4.99 Å². The van der Waals surface area contributed by atoms with Crippen molar-refractivity contribution in [3.8, 4) is 0 Å². The summed E-state index contributed by atoms with van der Waals surface area (Å²) in [4.78, 5) is 15.9. The summed E-state index contributed by atoms with van der Waals surface area (Å²) >= 11 is 0. The van der Waals surface area contributed by atoms with Crippen LogP contribution in [0.4, 0.5) is 0 Å². The van der Waals surface area contributed by atoms with Crippen LogP contribution in [-0.2, 0) is 4.79 Å². The van der Waals surface area contributed by atoms with Gasteiger partial charge in [0.2, 0.25) is 11.7 Å². The van der Waals surface area contributed by atoms with Crippen LogP contribution in [0.5, 0.6) is 0 Å². The summed E-state index contributed by atoms with van der Waals surface area (Å²) in [6.07, 6.45) is 22.5. The van der Waals surface area contributed by atoms with E-state index in [2.05, 4.69) is 31.3 Å². The zero-order valence-corrected chi connectivity index (χ0v) is 19.7. The SMILES string of the molecule is CCCCCCCCCCCCCC/C=C/C1=NCC[N+]1(CC)CCNC(C)=O. The van der Waals surface area contributed by atoms with Gasteiger partial charge in [-0.2, -0.15) is 0 Å². The molecule has 168 valence electrons. The first kappa shape index (κ1) is 25.9. The van der Waals surface area contributed by atoms with E-state index in [0.717, 1.165) is 43.6 Å². The van der Waals surface area contributed by atoms with Gasteiger partial charge in [-0.3, -0.25) is 9.28 Å². The van der Waals surface area contributed by atoms with Crippen LogP contribution in [0, 0.1) is 0 Å². The Morgan fingerprint density at radius 2 is 1.55 bits per heavy atom. The zero-order valence-electron chi connectivity index (χ0n) is 19.7. The van der Waals surface area contributed by atoms with Gasteiger partial charge in [-0.15, -0.1) is 0 Å². The number of quaternary nitrogens is 1. The molecule has 1 heterocycles. The van der Waals surface area contributed by atoms with E-state index in [4.69, 9.17) is 4.99 Å². The molecule has 29 heavy (non-hydrogen) atoms. The van der Waals surface area contributed by atoms with E-state index in [1.807, 2.05) is 0 Å². The van der Waals surface area contributed by atoms with Crippen LogP contribution in [0.25, 0.3) is 0 Å². The number of hydrogen-bond acceptors (Lipinski definition) is 2. The van der Waals surface area contributed by atoms with Crippen LogP contribution in [0.15, 0.2) is 17.1 Å². The van der Waals surface area contributed by atoms with Crippen molar-refractivity contribution in [3.63, 3.8) is 0 Å². The van der Waals surface area contributed by atoms with Crippen LogP contribution in [0.3, 0.4) is 0 Å². The molecular weight excluding hydrogens is 358 g/mol. The van der Waals surface area contributed by atoms with Crippen LogP contribution >= 0.6 is 0 Å². The highest BCUT2D eigenvalue weighted by Gasteiger charge is 2.34. The number of nitrogens with one attached hydrogen (secondary N) is 1. The topological polar surface area (TPSA) is 41.5 Å². The molecule has 1 unspecified atom stereocenters. The normalized spacial score (nSPS) is 19.1. The maximum absolute atomic E-state index is 11.1. The third kappa shape index (κ3) is 11.6. The van der Waals surface area contributed by atoms with E-state index in [0.29, 0.717) is 0 Å². The molecule has 4 nitrogen and oxygen atoms in total. The van der Waals surface area contributed by atoms with Crippen molar-refractivity contribution in [1.29, 1.82) is 0 Å². The van der Waals surface area contributed by atoms with Crippen molar-refractivity contribution in [3.05, 3.63) is 12.2 Å². The third-order valence-corrected chi connectivity index (χ3v) is 6.30. The number of likely N-dealkylation sites (N-methyl/N-ethyl adjacent to an activating group) is 1. The van der Waals surface area contributed by atoms with Gasteiger partial charge in [0.15, 0.2) is 0 Å². The predicted molar refractivity (Wildman–Crippen MR) is 126 cm³/mol. The average molecular weight is 407 g/mol. The molecule has 1 aliphatic rings. The Kier molecular flexibility index (Phi) is 14.8. The molecule has 0 fully saturated rings. The van der Waals surface area contributed by atoms with Gasteiger partial charge in [0, 0.05) is 13.0 Å². The summed E-state index contributed by atoms with van der Waals surface area (Å²) in [5.41, 5.74) is 0. The maximum Gasteiger partial charge on any atom is 0.222 e. The lowest BCUT2D eigenvalue weighted by atomic mass is 10.0. The van der Waals surface area contributed by atoms with E-state index in [1.165, 1.54) is 82.9 Å². The molecule has 1 aliphatic heterocycles. The summed E-state index contributed by atoms with van der Waals surface area (Å²) in [6.45, 7) is 10.8. The van der Waals surface area contributed by atoms with Crippen molar-refractivity contribution in [1.82, 2.24) is 5.32 Å².